The minimum absolute atomic E-state index is 0.0826. The van der Waals surface area contributed by atoms with E-state index in [0.29, 0.717) is 0 Å². The first kappa shape index (κ1) is 14.7. The van der Waals surface area contributed by atoms with E-state index in [-0.39, 0.29) is 6.04 Å². The van der Waals surface area contributed by atoms with Gasteiger partial charge in [-0.2, -0.15) is 0 Å². The first-order chi connectivity index (χ1) is 8.99. The van der Waals surface area contributed by atoms with Crippen molar-refractivity contribution in [2.75, 3.05) is 5.32 Å². The standard InChI is InChI=1S/C15H14BrCl2N/c1-9-4-3-5-13(17)15(9)19-10(2)12-7-6-11(16)8-14(12)18/h3-8,10,19H,1-2H3. The molecule has 4 heteroatoms. The van der Waals surface area contributed by atoms with E-state index in [2.05, 4.69) is 28.2 Å². The van der Waals surface area contributed by atoms with Crippen molar-refractivity contribution in [2.45, 2.75) is 19.9 Å². The van der Waals surface area contributed by atoms with Gasteiger partial charge in [-0.3, -0.25) is 0 Å². The number of nitrogens with one attached hydrogen (secondary N) is 1. The minimum Gasteiger partial charge on any atom is -0.377 e. The third-order valence-corrected chi connectivity index (χ3v) is 4.15. The molecule has 100 valence electrons. The van der Waals surface area contributed by atoms with Crippen molar-refractivity contribution >= 4 is 44.8 Å². The maximum absolute atomic E-state index is 6.27. The number of rotatable bonds is 3. The summed E-state index contributed by atoms with van der Waals surface area (Å²) < 4.78 is 0.974. The van der Waals surface area contributed by atoms with Crippen molar-refractivity contribution in [1.29, 1.82) is 0 Å². The Kier molecular flexibility index (Phi) is 4.77. The number of aryl methyl sites for hydroxylation is 1. The minimum atomic E-state index is 0.0826. The molecular weight excluding hydrogens is 345 g/mol. The average Bonchev–Trinajstić information content (AvgIpc) is 2.33. The maximum Gasteiger partial charge on any atom is 0.0640 e. The molecule has 1 N–H and O–H groups in total. The van der Waals surface area contributed by atoms with Crippen molar-refractivity contribution in [2.24, 2.45) is 0 Å². The summed E-state index contributed by atoms with van der Waals surface area (Å²) in [4.78, 5) is 0. The summed E-state index contributed by atoms with van der Waals surface area (Å²) in [6, 6.07) is 11.8. The zero-order chi connectivity index (χ0) is 14.0. The molecule has 0 radical (unpaired) electrons. The van der Waals surface area contributed by atoms with Gasteiger partial charge >= 0.3 is 0 Å². The van der Waals surface area contributed by atoms with E-state index in [1.54, 1.807) is 0 Å². The normalized spacial score (nSPS) is 12.3. The smallest absolute Gasteiger partial charge is 0.0640 e. The Morgan fingerprint density at radius 2 is 1.84 bits per heavy atom. The van der Waals surface area contributed by atoms with Crippen LogP contribution in [0.2, 0.25) is 10.0 Å². The van der Waals surface area contributed by atoms with E-state index in [1.807, 2.05) is 43.3 Å². The quantitative estimate of drug-likeness (QED) is 0.684. The predicted molar refractivity (Wildman–Crippen MR) is 87.4 cm³/mol. The van der Waals surface area contributed by atoms with Crippen LogP contribution in [0.1, 0.15) is 24.1 Å². The molecule has 0 amide bonds. The number of hydrogen-bond acceptors (Lipinski definition) is 1. The average molecular weight is 359 g/mol. The Morgan fingerprint density at radius 1 is 1.11 bits per heavy atom. The highest BCUT2D eigenvalue weighted by Gasteiger charge is 2.12. The highest BCUT2D eigenvalue weighted by Crippen LogP contribution is 2.32. The van der Waals surface area contributed by atoms with E-state index in [1.165, 1.54) is 0 Å². The van der Waals surface area contributed by atoms with E-state index < -0.39 is 0 Å². The van der Waals surface area contributed by atoms with E-state index in [9.17, 15) is 0 Å². The van der Waals surface area contributed by atoms with Gasteiger partial charge in [0.15, 0.2) is 0 Å². The van der Waals surface area contributed by atoms with Gasteiger partial charge in [0.1, 0.15) is 0 Å². The Bertz CT molecular complexity index is 578. The molecule has 0 saturated heterocycles. The van der Waals surface area contributed by atoms with Gasteiger partial charge in [0.25, 0.3) is 0 Å². The van der Waals surface area contributed by atoms with E-state index in [4.69, 9.17) is 23.2 Å². The molecule has 1 unspecified atom stereocenters. The summed E-state index contributed by atoms with van der Waals surface area (Å²) in [5.41, 5.74) is 3.12. The van der Waals surface area contributed by atoms with Crippen LogP contribution in [0, 0.1) is 6.92 Å². The molecule has 0 aliphatic heterocycles. The van der Waals surface area contributed by atoms with Gasteiger partial charge in [0, 0.05) is 9.50 Å². The molecule has 0 aromatic heterocycles. The van der Waals surface area contributed by atoms with Gasteiger partial charge in [-0.1, -0.05) is 57.3 Å². The molecule has 0 bridgehead atoms. The summed E-state index contributed by atoms with van der Waals surface area (Å²) >= 11 is 15.9. The lowest BCUT2D eigenvalue weighted by molar-refractivity contribution is 0.882. The summed E-state index contributed by atoms with van der Waals surface area (Å²) in [7, 11) is 0. The monoisotopic (exact) mass is 357 g/mol. The highest BCUT2D eigenvalue weighted by atomic mass is 79.9. The second-order valence-electron chi connectivity index (χ2n) is 4.46. The number of halogens is 3. The zero-order valence-electron chi connectivity index (χ0n) is 10.7. The van der Waals surface area contributed by atoms with Crippen molar-refractivity contribution in [1.82, 2.24) is 0 Å². The molecule has 19 heavy (non-hydrogen) atoms. The molecule has 0 fully saturated rings. The molecule has 2 rings (SSSR count). The predicted octanol–water partition coefficient (Wildman–Crippen LogP) is 6.24. The molecule has 2 aromatic carbocycles. The van der Waals surface area contributed by atoms with Gasteiger partial charge in [0.2, 0.25) is 0 Å². The summed E-state index contributed by atoms with van der Waals surface area (Å²) in [5.74, 6) is 0. The molecular formula is C15H14BrCl2N. The Hall–Kier alpha value is -0.700. The highest BCUT2D eigenvalue weighted by molar-refractivity contribution is 9.10. The largest absolute Gasteiger partial charge is 0.377 e. The van der Waals surface area contributed by atoms with Crippen molar-refractivity contribution in [3.8, 4) is 0 Å². The maximum atomic E-state index is 6.27. The Balaban J connectivity index is 2.28. The number of hydrogen-bond donors (Lipinski definition) is 1. The Labute approximate surface area is 132 Å². The summed E-state index contributed by atoms with van der Waals surface area (Å²) in [6.45, 7) is 4.10. The second kappa shape index (κ2) is 6.17. The topological polar surface area (TPSA) is 12.0 Å². The van der Waals surface area contributed by atoms with Crippen LogP contribution >= 0.6 is 39.1 Å². The lowest BCUT2D eigenvalue weighted by atomic mass is 10.1. The van der Waals surface area contributed by atoms with Crippen LogP contribution in [0.25, 0.3) is 0 Å². The lowest BCUT2D eigenvalue weighted by Gasteiger charge is -2.19. The fraction of sp³-hybridized carbons (Fsp3) is 0.200. The zero-order valence-corrected chi connectivity index (χ0v) is 13.8. The van der Waals surface area contributed by atoms with Crippen LogP contribution in [0.4, 0.5) is 5.69 Å². The van der Waals surface area contributed by atoms with Crippen molar-refractivity contribution in [3.05, 3.63) is 62.0 Å². The van der Waals surface area contributed by atoms with Crippen LogP contribution in [-0.2, 0) is 0 Å². The van der Waals surface area contributed by atoms with Gasteiger partial charge in [0.05, 0.1) is 16.8 Å². The van der Waals surface area contributed by atoms with Gasteiger partial charge in [-0.25, -0.2) is 0 Å². The molecule has 0 spiro atoms. The molecule has 0 aliphatic carbocycles. The van der Waals surface area contributed by atoms with Crippen LogP contribution in [0.3, 0.4) is 0 Å². The van der Waals surface area contributed by atoms with Crippen LogP contribution < -0.4 is 5.32 Å². The van der Waals surface area contributed by atoms with Crippen molar-refractivity contribution < 1.29 is 0 Å². The van der Waals surface area contributed by atoms with Crippen LogP contribution in [-0.4, -0.2) is 0 Å². The first-order valence-corrected chi connectivity index (χ1v) is 7.50. The molecule has 0 saturated carbocycles. The van der Waals surface area contributed by atoms with E-state index in [0.717, 1.165) is 31.3 Å². The molecule has 1 atom stereocenters. The lowest BCUT2D eigenvalue weighted by Crippen LogP contribution is -2.08. The van der Waals surface area contributed by atoms with Gasteiger partial charge in [-0.05, 0) is 43.2 Å². The van der Waals surface area contributed by atoms with Crippen LogP contribution in [0.5, 0.6) is 0 Å². The number of benzene rings is 2. The third-order valence-electron chi connectivity index (χ3n) is 3.01. The molecule has 2 aromatic rings. The van der Waals surface area contributed by atoms with Crippen molar-refractivity contribution in [3.63, 3.8) is 0 Å². The molecule has 0 aliphatic rings. The first-order valence-electron chi connectivity index (χ1n) is 5.95. The Morgan fingerprint density at radius 3 is 2.47 bits per heavy atom. The number of anilines is 1. The number of para-hydroxylation sites is 1. The fourth-order valence-corrected chi connectivity index (χ4v) is 3.08. The third kappa shape index (κ3) is 3.44. The van der Waals surface area contributed by atoms with Gasteiger partial charge in [-0.15, -0.1) is 0 Å². The van der Waals surface area contributed by atoms with Crippen LogP contribution in [0.15, 0.2) is 40.9 Å². The fourth-order valence-electron chi connectivity index (χ4n) is 1.96. The molecule has 1 nitrogen and oxygen atoms in total. The van der Waals surface area contributed by atoms with Gasteiger partial charge < -0.3 is 5.32 Å². The molecule has 0 heterocycles. The summed E-state index contributed by atoms with van der Waals surface area (Å²) in [5, 5.41) is 4.88. The second-order valence-corrected chi connectivity index (χ2v) is 6.19. The SMILES string of the molecule is Cc1cccc(Cl)c1NC(C)c1ccc(Br)cc1Cl. The van der Waals surface area contributed by atoms with E-state index >= 15 is 0 Å². The summed E-state index contributed by atoms with van der Waals surface area (Å²) in [6.07, 6.45) is 0.